The van der Waals surface area contributed by atoms with Gasteiger partial charge in [-0.05, 0) is 19.1 Å². The third-order valence-corrected chi connectivity index (χ3v) is 4.59. The first-order valence-electron chi connectivity index (χ1n) is 7.20. The SMILES string of the molecule is Cc1ccc(CC(=O)NCC(N2CCNCC2)C(F)(F)F)s1. The molecule has 0 spiro atoms. The van der Waals surface area contributed by atoms with Gasteiger partial charge in [0.25, 0.3) is 0 Å². The highest BCUT2D eigenvalue weighted by Gasteiger charge is 2.43. The molecule has 1 amide bonds. The highest BCUT2D eigenvalue weighted by Crippen LogP contribution is 2.25. The first kappa shape index (κ1) is 17.2. The Kier molecular flexibility index (Phi) is 5.82. The zero-order valence-corrected chi connectivity index (χ0v) is 13.2. The molecule has 1 aliphatic heterocycles. The minimum atomic E-state index is -4.34. The number of amides is 1. The van der Waals surface area contributed by atoms with Crippen LogP contribution in [0.15, 0.2) is 12.1 Å². The summed E-state index contributed by atoms with van der Waals surface area (Å²) in [6.45, 7) is 3.28. The number of halogens is 3. The number of nitrogens with zero attached hydrogens (tertiary/aromatic N) is 1. The van der Waals surface area contributed by atoms with Gasteiger partial charge in [-0.2, -0.15) is 13.2 Å². The van der Waals surface area contributed by atoms with Crippen molar-refractivity contribution in [1.82, 2.24) is 15.5 Å². The van der Waals surface area contributed by atoms with E-state index in [0.29, 0.717) is 26.2 Å². The van der Waals surface area contributed by atoms with Crippen LogP contribution >= 0.6 is 11.3 Å². The van der Waals surface area contributed by atoms with E-state index < -0.39 is 18.8 Å². The molecule has 2 heterocycles. The monoisotopic (exact) mass is 335 g/mol. The lowest BCUT2D eigenvalue weighted by Gasteiger charge is -2.35. The highest BCUT2D eigenvalue weighted by molar-refractivity contribution is 7.12. The summed E-state index contributed by atoms with van der Waals surface area (Å²) >= 11 is 1.48. The normalized spacial score (nSPS) is 18.2. The van der Waals surface area contributed by atoms with Crippen molar-refractivity contribution < 1.29 is 18.0 Å². The zero-order chi connectivity index (χ0) is 16.2. The van der Waals surface area contributed by atoms with Crippen LogP contribution in [0.2, 0.25) is 0 Å². The van der Waals surface area contributed by atoms with E-state index >= 15 is 0 Å². The van der Waals surface area contributed by atoms with Crippen LogP contribution in [0.25, 0.3) is 0 Å². The number of aryl methyl sites for hydroxylation is 1. The Morgan fingerprint density at radius 2 is 2.09 bits per heavy atom. The summed E-state index contributed by atoms with van der Waals surface area (Å²) in [4.78, 5) is 15.2. The van der Waals surface area contributed by atoms with Crippen LogP contribution in [-0.4, -0.2) is 55.7 Å². The van der Waals surface area contributed by atoms with E-state index in [1.54, 1.807) is 0 Å². The van der Waals surface area contributed by atoms with E-state index in [-0.39, 0.29) is 12.3 Å². The van der Waals surface area contributed by atoms with Crippen molar-refractivity contribution in [3.05, 3.63) is 21.9 Å². The number of hydrogen-bond donors (Lipinski definition) is 2. The van der Waals surface area contributed by atoms with Crippen molar-refractivity contribution >= 4 is 17.2 Å². The molecule has 0 aliphatic carbocycles. The second-order valence-corrected chi connectivity index (χ2v) is 6.71. The van der Waals surface area contributed by atoms with E-state index in [1.807, 2.05) is 19.1 Å². The van der Waals surface area contributed by atoms with Crippen LogP contribution in [0.1, 0.15) is 9.75 Å². The molecular formula is C14H20F3N3OS. The van der Waals surface area contributed by atoms with Gasteiger partial charge in [0.05, 0.1) is 6.42 Å². The van der Waals surface area contributed by atoms with Crippen LogP contribution in [0.4, 0.5) is 13.2 Å². The maximum atomic E-state index is 13.2. The van der Waals surface area contributed by atoms with Gasteiger partial charge in [0.2, 0.25) is 5.91 Å². The van der Waals surface area contributed by atoms with Gasteiger partial charge in [-0.15, -0.1) is 11.3 Å². The lowest BCUT2D eigenvalue weighted by molar-refractivity contribution is -0.184. The molecule has 2 N–H and O–H groups in total. The average molecular weight is 335 g/mol. The van der Waals surface area contributed by atoms with Crippen molar-refractivity contribution in [3.63, 3.8) is 0 Å². The molecule has 8 heteroatoms. The van der Waals surface area contributed by atoms with Gasteiger partial charge >= 0.3 is 6.18 Å². The quantitative estimate of drug-likeness (QED) is 0.858. The zero-order valence-electron chi connectivity index (χ0n) is 12.4. The van der Waals surface area contributed by atoms with Crippen molar-refractivity contribution in [3.8, 4) is 0 Å². The van der Waals surface area contributed by atoms with Crippen LogP contribution < -0.4 is 10.6 Å². The van der Waals surface area contributed by atoms with Gasteiger partial charge in [0.15, 0.2) is 0 Å². The summed E-state index contributed by atoms with van der Waals surface area (Å²) in [6, 6.07) is 2.10. The summed E-state index contributed by atoms with van der Waals surface area (Å²) in [5, 5.41) is 5.46. The Hall–Kier alpha value is -1.12. The van der Waals surface area contributed by atoms with Gasteiger partial charge in [0, 0.05) is 42.5 Å². The predicted octanol–water partition coefficient (Wildman–Crippen LogP) is 1.55. The number of carbonyl (C=O) groups excluding carboxylic acids is 1. The number of nitrogens with one attached hydrogen (secondary N) is 2. The van der Waals surface area contributed by atoms with Gasteiger partial charge in [-0.25, -0.2) is 0 Å². The van der Waals surface area contributed by atoms with Crippen LogP contribution in [0.3, 0.4) is 0 Å². The third-order valence-electron chi connectivity index (χ3n) is 3.59. The number of hydrogen-bond acceptors (Lipinski definition) is 4. The predicted molar refractivity (Wildman–Crippen MR) is 80.1 cm³/mol. The Balaban J connectivity index is 1.88. The molecule has 1 aliphatic rings. The molecule has 4 nitrogen and oxygen atoms in total. The van der Waals surface area contributed by atoms with Gasteiger partial charge in [0.1, 0.15) is 6.04 Å². The van der Waals surface area contributed by atoms with Crippen molar-refractivity contribution in [2.45, 2.75) is 25.6 Å². The van der Waals surface area contributed by atoms with Gasteiger partial charge in [-0.1, -0.05) is 0 Å². The Morgan fingerprint density at radius 1 is 1.41 bits per heavy atom. The molecule has 124 valence electrons. The number of rotatable bonds is 5. The molecule has 1 saturated heterocycles. The van der Waals surface area contributed by atoms with Gasteiger partial charge in [-0.3, -0.25) is 9.69 Å². The molecule has 1 aromatic heterocycles. The molecular weight excluding hydrogens is 315 g/mol. The maximum absolute atomic E-state index is 13.2. The lowest BCUT2D eigenvalue weighted by Crippen LogP contribution is -2.57. The summed E-state index contributed by atoms with van der Waals surface area (Å²) < 4.78 is 39.5. The maximum Gasteiger partial charge on any atom is 0.405 e. The number of piperazine rings is 1. The summed E-state index contributed by atoms with van der Waals surface area (Å²) in [7, 11) is 0. The molecule has 0 radical (unpaired) electrons. The highest BCUT2D eigenvalue weighted by atomic mass is 32.1. The van der Waals surface area contributed by atoms with Gasteiger partial charge < -0.3 is 10.6 Å². The average Bonchev–Trinajstić information content (AvgIpc) is 2.84. The lowest BCUT2D eigenvalue weighted by atomic mass is 10.2. The smallest absolute Gasteiger partial charge is 0.354 e. The van der Waals surface area contributed by atoms with Crippen molar-refractivity contribution in [2.24, 2.45) is 0 Å². The van der Waals surface area contributed by atoms with E-state index in [1.165, 1.54) is 16.2 Å². The molecule has 0 bridgehead atoms. The standard InChI is InChI=1S/C14H20F3N3OS/c1-10-2-3-11(22-10)8-13(21)19-9-12(14(15,16)17)20-6-4-18-5-7-20/h2-3,12,18H,4-9H2,1H3,(H,19,21). The largest absolute Gasteiger partial charge is 0.405 e. The topological polar surface area (TPSA) is 44.4 Å². The molecule has 0 saturated carbocycles. The molecule has 2 rings (SSSR count). The van der Waals surface area contributed by atoms with Crippen molar-refractivity contribution in [1.29, 1.82) is 0 Å². The molecule has 1 fully saturated rings. The fourth-order valence-corrected chi connectivity index (χ4v) is 3.35. The minimum Gasteiger partial charge on any atom is -0.354 e. The fourth-order valence-electron chi connectivity index (χ4n) is 2.46. The van der Waals surface area contributed by atoms with E-state index in [2.05, 4.69) is 10.6 Å². The summed E-state index contributed by atoms with van der Waals surface area (Å²) in [5.41, 5.74) is 0. The first-order chi connectivity index (χ1) is 10.4. The van der Waals surface area contributed by atoms with E-state index in [9.17, 15) is 18.0 Å². The minimum absolute atomic E-state index is 0.130. The molecule has 1 atom stereocenters. The first-order valence-corrected chi connectivity index (χ1v) is 8.01. The number of thiophene rings is 1. The van der Waals surface area contributed by atoms with Crippen molar-refractivity contribution in [2.75, 3.05) is 32.7 Å². The number of alkyl halides is 3. The second-order valence-electron chi connectivity index (χ2n) is 5.34. The molecule has 1 aromatic rings. The fraction of sp³-hybridized carbons (Fsp3) is 0.643. The van der Waals surface area contributed by atoms with E-state index in [4.69, 9.17) is 0 Å². The Labute approximate surface area is 131 Å². The number of carbonyl (C=O) groups is 1. The molecule has 22 heavy (non-hydrogen) atoms. The summed E-state index contributed by atoms with van der Waals surface area (Å²) in [6.07, 6.45) is -4.21. The van der Waals surface area contributed by atoms with Crippen LogP contribution in [0.5, 0.6) is 0 Å². The van der Waals surface area contributed by atoms with Crippen LogP contribution in [-0.2, 0) is 11.2 Å². The molecule has 0 aromatic carbocycles. The summed E-state index contributed by atoms with van der Waals surface area (Å²) in [5.74, 6) is -0.369. The Bertz CT molecular complexity index is 498. The van der Waals surface area contributed by atoms with Crippen LogP contribution in [0, 0.1) is 6.92 Å². The molecule has 1 unspecified atom stereocenters. The van der Waals surface area contributed by atoms with E-state index in [0.717, 1.165) is 9.75 Å². The Morgan fingerprint density at radius 3 is 2.64 bits per heavy atom. The second kappa shape index (κ2) is 7.43. The third kappa shape index (κ3) is 4.96.